The molecule has 3 amide bonds. The maximum absolute atomic E-state index is 11.5. The van der Waals surface area contributed by atoms with E-state index < -0.39 is 17.7 Å². The van der Waals surface area contributed by atoms with Gasteiger partial charge < -0.3 is 10.1 Å². The second kappa shape index (κ2) is 7.44. The zero-order chi connectivity index (χ0) is 15.9. The molecule has 0 aromatic heterocycles. The van der Waals surface area contributed by atoms with E-state index in [1.165, 1.54) is 0 Å². The number of hydrogen-bond donors (Lipinski definition) is 3. The highest BCUT2D eigenvalue weighted by atomic mass is 16.5. The van der Waals surface area contributed by atoms with Gasteiger partial charge in [0, 0.05) is 6.04 Å². The highest BCUT2D eigenvalue weighted by molar-refractivity contribution is 6.35. The molecule has 7 nitrogen and oxygen atoms in total. The fourth-order valence-electron chi connectivity index (χ4n) is 1.69. The van der Waals surface area contributed by atoms with Gasteiger partial charge in [0.15, 0.2) is 0 Å². The third-order valence-corrected chi connectivity index (χ3v) is 3.02. The van der Waals surface area contributed by atoms with E-state index >= 15 is 0 Å². The molecule has 0 unspecified atom stereocenters. The largest absolute Gasteiger partial charge is 0.493 e. The van der Waals surface area contributed by atoms with Crippen molar-refractivity contribution in [1.82, 2.24) is 16.2 Å². The van der Waals surface area contributed by atoms with Crippen LogP contribution < -0.4 is 20.9 Å². The quantitative estimate of drug-likeness (QED) is 0.534. The molecule has 0 heterocycles. The van der Waals surface area contributed by atoms with Gasteiger partial charge in [0.25, 0.3) is 0 Å². The second-order valence-corrected chi connectivity index (χ2v) is 5.17. The number of nitrogens with one attached hydrogen (secondary N) is 3. The summed E-state index contributed by atoms with van der Waals surface area (Å²) >= 11 is 0. The lowest BCUT2D eigenvalue weighted by Crippen LogP contribution is -2.49. The van der Waals surface area contributed by atoms with Crippen molar-refractivity contribution in [2.45, 2.75) is 32.2 Å². The molecule has 0 aliphatic heterocycles. The summed E-state index contributed by atoms with van der Waals surface area (Å²) < 4.78 is 5.42. The van der Waals surface area contributed by atoms with Gasteiger partial charge in [-0.2, -0.15) is 0 Å². The highest BCUT2D eigenvalue weighted by Gasteiger charge is 2.26. The molecular formula is C15H19N3O4. The Morgan fingerprint density at radius 1 is 1.18 bits per heavy atom. The molecule has 0 saturated heterocycles. The second-order valence-electron chi connectivity index (χ2n) is 5.17. The van der Waals surface area contributed by atoms with Gasteiger partial charge in [0.2, 0.25) is 5.91 Å². The van der Waals surface area contributed by atoms with Crippen molar-refractivity contribution < 1.29 is 19.1 Å². The van der Waals surface area contributed by atoms with Gasteiger partial charge in [0.05, 0.1) is 13.0 Å². The molecule has 3 N–H and O–H groups in total. The number of rotatable bonds is 5. The first-order valence-corrected chi connectivity index (χ1v) is 7.14. The fourth-order valence-corrected chi connectivity index (χ4v) is 1.69. The molecular weight excluding hydrogens is 286 g/mol. The number of hydrogen-bond acceptors (Lipinski definition) is 4. The standard InChI is InChI=1S/C15H19N3O4/c1-10-3-2-4-12(9-10)22-8-7-13(19)17-18-15(21)14(20)16-11-5-6-11/h2-4,9,11H,5-8H2,1H3,(H,16,20)(H,17,19)(H,18,21). The van der Waals surface area contributed by atoms with E-state index in [-0.39, 0.29) is 19.1 Å². The molecule has 0 atom stereocenters. The van der Waals surface area contributed by atoms with Gasteiger partial charge in [-0.15, -0.1) is 0 Å². The summed E-state index contributed by atoms with van der Waals surface area (Å²) in [5, 5.41) is 2.52. The Kier molecular flexibility index (Phi) is 5.35. The number of carbonyl (C=O) groups excluding carboxylic acids is 3. The van der Waals surface area contributed by atoms with Gasteiger partial charge in [-0.1, -0.05) is 12.1 Å². The Balaban J connectivity index is 1.61. The minimum absolute atomic E-state index is 0.0679. The maximum atomic E-state index is 11.5. The van der Waals surface area contributed by atoms with Gasteiger partial charge >= 0.3 is 11.8 Å². The molecule has 7 heteroatoms. The zero-order valence-electron chi connectivity index (χ0n) is 12.3. The van der Waals surface area contributed by atoms with E-state index in [0.29, 0.717) is 5.75 Å². The van der Waals surface area contributed by atoms with E-state index in [9.17, 15) is 14.4 Å². The first-order valence-electron chi connectivity index (χ1n) is 7.14. The maximum Gasteiger partial charge on any atom is 0.327 e. The van der Waals surface area contributed by atoms with Crippen LogP contribution in [0.4, 0.5) is 0 Å². The Hall–Kier alpha value is -2.57. The number of amides is 3. The summed E-state index contributed by atoms with van der Waals surface area (Å²) in [6.45, 7) is 2.13. The van der Waals surface area contributed by atoms with Gasteiger partial charge in [-0.3, -0.25) is 25.2 Å². The Morgan fingerprint density at radius 2 is 1.95 bits per heavy atom. The van der Waals surface area contributed by atoms with Crippen molar-refractivity contribution in [3.8, 4) is 5.75 Å². The van der Waals surface area contributed by atoms with Gasteiger partial charge in [0.1, 0.15) is 5.75 Å². The topological polar surface area (TPSA) is 96.5 Å². The van der Waals surface area contributed by atoms with E-state index in [1.54, 1.807) is 6.07 Å². The lowest BCUT2D eigenvalue weighted by atomic mass is 10.2. The lowest BCUT2D eigenvalue weighted by Gasteiger charge is -2.09. The minimum Gasteiger partial charge on any atom is -0.493 e. The van der Waals surface area contributed by atoms with Crippen LogP contribution in [0.25, 0.3) is 0 Å². The van der Waals surface area contributed by atoms with E-state index in [2.05, 4.69) is 16.2 Å². The third-order valence-electron chi connectivity index (χ3n) is 3.02. The average Bonchev–Trinajstić information content (AvgIpc) is 3.28. The van der Waals surface area contributed by atoms with Crippen LogP contribution in [-0.2, 0) is 14.4 Å². The minimum atomic E-state index is -0.875. The number of benzene rings is 1. The Bertz CT molecular complexity index is 570. The van der Waals surface area contributed by atoms with Crippen molar-refractivity contribution in [3.05, 3.63) is 29.8 Å². The highest BCUT2D eigenvalue weighted by Crippen LogP contribution is 2.18. The molecule has 0 spiro atoms. The van der Waals surface area contributed by atoms with Crippen LogP contribution in [0.5, 0.6) is 5.75 Å². The molecule has 1 aliphatic carbocycles. The normalized spacial score (nSPS) is 13.1. The van der Waals surface area contributed by atoms with Crippen LogP contribution in [-0.4, -0.2) is 30.4 Å². The Labute approximate surface area is 128 Å². The molecule has 118 valence electrons. The molecule has 1 saturated carbocycles. The molecule has 2 rings (SSSR count). The molecule has 0 bridgehead atoms. The first kappa shape index (κ1) is 15.8. The smallest absolute Gasteiger partial charge is 0.327 e. The fraction of sp³-hybridized carbons (Fsp3) is 0.400. The SMILES string of the molecule is Cc1cccc(OCCC(=O)NNC(=O)C(=O)NC2CC2)c1. The van der Waals surface area contributed by atoms with Crippen molar-refractivity contribution in [1.29, 1.82) is 0 Å². The number of carbonyl (C=O) groups is 3. The van der Waals surface area contributed by atoms with Crippen LogP contribution in [0.3, 0.4) is 0 Å². The molecule has 1 fully saturated rings. The summed E-state index contributed by atoms with van der Waals surface area (Å²) in [6.07, 6.45) is 1.85. The monoisotopic (exact) mass is 305 g/mol. The third kappa shape index (κ3) is 5.43. The van der Waals surface area contributed by atoms with Crippen molar-refractivity contribution >= 4 is 17.7 Å². The first-order chi connectivity index (χ1) is 10.5. The van der Waals surface area contributed by atoms with Crippen LogP contribution in [0, 0.1) is 6.92 Å². The predicted octanol–water partition coefficient (Wildman–Crippen LogP) is 0.190. The van der Waals surface area contributed by atoms with Crippen LogP contribution in [0.2, 0.25) is 0 Å². The molecule has 1 aromatic carbocycles. The van der Waals surface area contributed by atoms with Gasteiger partial charge in [-0.25, -0.2) is 0 Å². The average molecular weight is 305 g/mol. The summed E-state index contributed by atoms with van der Waals surface area (Å²) in [4.78, 5) is 34.2. The van der Waals surface area contributed by atoms with Gasteiger partial charge in [-0.05, 0) is 37.5 Å². The van der Waals surface area contributed by atoms with Crippen molar-refractivity contribution in [3.63, 3.8) is 0 Å². The van der Waals surface area contributed by atoms with E-state index in [1.807, 2.05) is 25.1 Å². The Morgan fingerprint density at radius 3 is 2.64 bits per heavy atom. The van der Waals surface area contributed by atoms with Crippen LogP contribution in [0.1, 0.15) is 24.8 Å². The number of ether oxygens (including phenoxy) is 1. The van der Waals surface area contributed by atoms with E-state index in [0.717, 1.165) is 18.4 Å². The summed E-state index contributed by atoms with van der Waals surface area (Å²) in [5.74, 6) is -1.36. The lowest BCUT2D eigenvalue weighted by molar-refractivity contribution is -0.141. The van der Waals surface area contributed by atoms with Crippen LogP contribution in [0.15, 0.2) is 24.3 Å². The zero-order valence-corrected chi connectivity index (χ0v) is 12.3. The number of hydrazine groups is 1. The van der Waals surface area contributed by atoms with Crippen molar-refractivity contribution in [2.75, 3.05) is 6.61 Å². The molecule has 1 aliphatic rings. The van der Waals surface area contributed by atoms with Crippen LogP contribution >= 0.6 is 0 Å². The molecule has 0 radical (unpaired) electrons. The summed E-state index contributed by atoms with van der Waals surface area (Å²) in [7, 11) is 0. The molecule has 1 aromatic rings. The van der Waals surface area contributed by atoms with E-state index in [4.69, 9.17) is 4.74 Å². The summed E-state index contributed by atoms with van der Waals surface area (Å²) in [6, 6.07) is 7.57. The molecule has 22 heavy (non-hydrogen) atoms. The number of aryl methyl sites for hydroxylation is 1. The van der Waals surface area contributed by atoms with Crippen molar-refractivity contribution in [2.24, 2.45) is 0 Å². The predicted molar refractivity (Wildman–Crippen MR) is 78.7 cm³/mol. The summed E-state index contributed by atoms with van der Waals surface area (Å²) in [5.41, 5.74) is 5.31.